The predicted molar refractivity (Wildman–Crippen MR) is 62.2 cm³/mol. The van der Waals surface area contributed by atoms with E-state index in [0.717, 1.165) is 5.56 Å². The van der Waals surface area contributed by atoms with Crippen LogP contribution in [0.3, 0.4) is 0 Å². The van der Waals surface area contributed by atoms with Gasteiger partial charge in [0.05, 0.1) is 7.11 Å². The van der Waals surface area contributed by atoms with Crippen molar-refractivity contribution in [3.05, 3.63) is 30.1 Å². The maximum Gasteiger partial charge on any atom is 0.325 e. The Balaban J connectivity index is 2.37. The van der Waals surface area contributed by atoms with Gasteiger partial charge in [0, 0.05) is 25.9 Å². The average Bonchev–Trinajstić information content (AvgIpc) is 2.36. The van der Waals surface area contributed by atoms with Crippen LogP contribution >= 0.6 is 0 Å². The van der Waals surface area contributed by atoms with Crippen molar-refractivity contribution < 1.29 is 14.3 Å². The monoisotopic (exact) mass is 236 g/mol. The molecule has 5 nitrogen and oxygen atoms in total. The van der Waals surface area contributed by atoms with Gasteiger partial charge in [-0.15, -0.1) is 0 Å². The number of aromatic nitrogens is 1. The molecule has 0 fully saturated rings. The second-order valence-corrected chi connectivity index (χ2v) is 3.68. The van der Waals surface area contributed by atoms with Crippen LogP contribution in [-0.2, 0) is 20.7 Å². The van der Waals surface area contributed by atoms with Gasteiger partial charge in [-0.25, -0.2) is 0 Å². The molecule has 0 aliphatic rings. The third-order valence-electron chi connectivity index (χ3n) is 2.40. The van der Waals surface area contributed by atoms with Crippen molar-refractivity contribution in [3.8, 4) is 0 Å². The van der Waals surface area contributed by atoms with Gasteiger partial charge in [-0.05, 0) is 24.1 Å². The molecule has 0 saturated carbocycles. The topological polar surface area (TPSA) is 59.5 Å². The van der Waals surface area contributed by atoms with E-state index in [9.17, 15) is 9.59 Å². The first-order valence-corrected chi connectivity index (χ1v) is 5.33. The summed E-state index contributed by atoms with van der Waals surface area (Å²) in [4.78, 5) is 27.9. The molecule has 0 saturated heterocycles. The molecule has 1 heterocycles. The van der Waals surface area contributed by atoms with Crippen LogP contribution in [0.1, 0.15) is 12.0 Å². The number of carbonyl (C=O) groups excluding carboxylic acids is 2. The number of hydrogen-bond donors (Lipinski definition) is 0. The summed E-state index contributed by atoms with van der Waals surface area (Å²) in [5.41, 5.74) is 1.06. The van der Waals surface area contributed by atoms with Crippen molar-refractivity contribution in [1.29, 1.82) is 0 Å². The van der Waals surface area contributed by atoms with Gasteiger partial charge in [0.15, 0.2) is 0 Å². The van der Waals surface area contributed by atoms with E-state index in [1.54, 1.807) is 19.4 Å². The van der Waals surface area contributed by atoms with Crippen LogP contribution in [-0.4, -0.2) is 42.5 Å². The van der Waals surface area contributed by atoms with Gasteiger partial charge in [0.1, 0.15) is 6.54 Å². The van der Waals surface area contributed by atoms with E-state index in [1.807, 2.05) is 12.1 Å². The van der Waals surface area contributed by atoms with Gasteiger partial charge in [0.2, 0.25) is 5.91 Å². The molecule has 1 amide bonds. The molecule has 0 aromatic carbocycles. The molecule has 0 unspecified atom stereocenters. The number of aryl methyl sites for hydroxylation is 1. The summed E-state index contributed by atoms with van der Waals surface area (Å²) in [5.74, 6) is -0.489. The standard InChI is InChI=1S/C12H16N2O3/c1-14(9-12(16)17-2)11(15)4-3-10-5-7-13-8-6-10/h5-8H,3-4,9H2,1-2H3. The molecule has 92 valence electrons. The van der Waals surface area contributed by atoms with Crippen LogP contribution in [0.5, 0.6) is 0 Å². The number of rotatable bonds is 5. The Morgan fingerprint density at radius 1 is 1.35 bits per heavy atom. The highest BCUT2D eigenvalue weighted by Gasteiger charge is 2.12. The maximum absolute atomic E-state index is 11.7. The van der Waals surface area contributed by atoms with Crippen molar-refractivity contribution >= 4 is 11.9 Å². The van der Waals surface area contributed by atoms with Crippen LogP contribution < -0.4 is 0 Å². The molecule has 5 heteroatoms. The summed E-state index contributed by atoms with van der Waals surface area (Å²) in [6.45, 7) is -0.00826. The third-order valence-corrected chi connectivity index (χ3v) is 2.40. The lowest BCUT2D eigenvalue weighted by Gasteiger charge is -2.15. The van der Waals surface area contributed by atoms with Crippen LogP contribution in [0.25, 0.3) is 0 Å². The summed E-state index contributed by atoms with van der Waals surface area (Å²) in [5, 5.41) is 0. The van der Waals surface area contributed by atoms with E-state index in [-0.39, 0.29) is 12.5 Å². The van der Waals surface area contributed by atoms with Crippen molar-refractivity contribution in [2.45, 2.75) is 12.8 Å². The van der Waals surface area contributed by atoms with E-state index in [0.29, 0.717) is 12.8 Å². The Bertz CT molecular complexity index is 379. The fraction of sp³-hybridized carbons (Fsp3) is 0.417. The van der Waals surface area contributed by atoms with Crippen LogP contribution in [0, 0.1) is 0 Å². The first kappa shape index (κ1) is 13.2. The Labute approximate surface area is 100 Å². The van der Waals surface area contributed by atoms with Gasteiger partial charge < -0.3 is 9.64 Å². The second kappa shape index (κ2) is 6.62. The fourth-order valence-electron chi connectivity index (χ4n) is 1.34. The molecule has 1 rings (SSSR count). The van der Waals surface area contributed by atoms with Gasteiger partial charge in [0.25, 0.3) is 0 Å². The Morgan fingerprint density at radius 3 is 2.59 bits per heavy atom. The Morgan fingerprint density at radius 2 is 2.00 bits per heavy atom. The minimum Gasteiger partial charge on any atom is -0.468 e. The molecule has 1 aromatic rings. The molecule has 0 atom stereocenters. The number of hydrogen-bond acceptors (Lipinski definition) is 4. The summed E-state index contributed by atoms with van der Waals surface area (Å²) >= 11 is 0. The highest BCUT2D eigenvalue weighted by Crippen LogP contribution is 2.02. The van der Waals surface area contributed by atoms with Gasteiger partial charge >= 0.3 is 5.97 Å². The summed E-state index contributed by atoms with van der Waals surface area (Å²) in [7, 11) is 2.89. The zero-order valence-electron chi connectivity index (χ0n) is 10.0. The third kappa shape index (κ3) is 4.63. The minimum atomic E-state index is -0.412. The highest BCUT2D eigenvalue weighted by atomic mass is 16.5. The molecular formula is C12H16N2O3. The van der Waals surface area contributed by atoms with Crippen molar-refractivity contribution in [2.24, 2.45) is 0 Å². The van der Waals surface area contributed by atoms with E-state index in [1.165, 1.54) is 12.0 Å². The molecule has 0 N–H and O–H groups in total. The Kier molecular flexibility index (Phi) is 5.13. The number of ether oxygens (including phenoxy) is 1. The van der Waals surface area contributed by atoms with E-state index < -0.39 is 5.97 Å². The minimum absolute atomic E-state index is 0.00826. The van der Waals surface area contributed by atoms with Gasteiger partial charge in [-0.3, -0.25) is 14.6 Å². The number of likely N-dealkylation sites (N-methyl/N-ethyl adjacent to an activating group) is 1. The molecule has 0 aliphatic carbocycles. The quantitative estimate of drug-likeness (QED) is 0.704. The number of amides is 1. The second-order valence-electron chi connectivity index (χ2n) is 3.68. The number of carbonyl (C=O) groups is 2. The Hall–Kier alpha value is -1.91. The fourth-order valence-corrected chi connectivity index (χ4v) is 1.34. The molecule has 0 bridgehead atoms. The zero-order valence-corrected chi connectivity index (χ0v) is 10.0. The normalized spacial score (nSPS) is 9.76. The first-order chi connectivity index (χ1) is 8.13. The molecule has 0 aliphatic heterocycles. The van der Waals surface area contributed by atoms with Gasteiger partial charge in [-0.1, -0.05) is 0 Å². The lowest BCUT2D eigenvalue weighted by Crippen LogP contribution is -2.32. The molecule has 0 spiro atoms. The van der Waals surface area contributed by atoms with Crippen LogP contribution in [0.4, 0.5) is 0 Å². The smallest absolute Gasteiger partial charge is 0.325 e. The molecule has 0 radical (unpaired) electrons. The van der Waals surface area contributed by atoms with Crippen molar-refractivity contribution in [1.82, 2.24) is 9.88 Å². The number of esters is 1. The van der Waals surface area contributed by atoms with Crippen LogP contribution in [0.2, 0.25) is 0 Å². The van der Waals surface area contributed by atoms with E-state index in [4.69, 9.17) is 0 Å². The largest absolute Gasteiger partial charge is 0.468 e. The molecular weight excluding hydrogens is 220 g/mol. The van der Waals surface area contributed by atoms with Crippen molar-refractivity contribution in [2.75, 3.05) is 20.7 Å². The maximum atomic E-state index is 11.7. The SMILES string of the molecule is COC(=O)CN(C)C(=O)CCc1ccncc1. The van der Waals surface area contributed by atoms with E-state index >= 15 is 0 Å². The molecule has 1 aromatic heterocycles. The highest BCUT2D eigenvalue weighted by molar-refractivity contribution is 5.81. The lowest BCUT2D eigenvalue weighted by atomic mass is 10.1. The summed E-state index contributed by atoms with van der Waals surface area (Å²) in [6.07, 6.45) is 4.40. The summed E-state index contributed by atoms with van der Waals surface area (Å²) < 4.78 is 4.49. The van der Waals surface area contributed by atoms with Crippen LogP contribution in [0.15, 0.2) is 24.5 Å². The van der Waals surface area contributed by atoms with E-state index in [2.05, 4.69) is 9.72 Å². The lowest BCUT2D eigenvalue weighted by molar-refractivity contribution is -0.146. The average molecular weight is 236 g/mol. The predicted octanol–water partition coefficient (Wildman–Crippen LogP) is 0.646. The molecule has 17 heavy (non-hydrogen) atoms. The van der Waals surface area contributed by atoms with Crippen molar-refractivity contribution in [3.63, 3.8) is 0 Å². The zero-order chi connectivity index (χ0) is 12.7. The summed E-state index contributed by atoms with van der Waals surface area (Å²) in [6, 6.07) is 3.74. The van der Waals surface area contributed by atoms with Gasteiger partial charge in [-0.2, -0.15) is 0 Å². The number of methoxy groups -OCH3 is 1. The number of nitrogens with zero attached hydrogens (tertiary/aromatic N) is 2. The first-order valence-electron chi connectivity index (χ1n) is 5.33. The number of pyridine rings is 1.